The Labute approximate surface area is 214 Å². The van der Waals surface area contributed by atoms with Gasteiger partial charge in [-0.2, -0.15) is 0 Å². The van der Waals surface area contributed by atoms with Crippen LogP contribution in [-0.4, -0.2) is 25.5 Å². The number of hydrogen-bond acceptors (Lipinski definition) is 6. The molecule has 0 saturated heterocycles. The molecule has 6 nitrogen and oxygen atoms in total. The standard InChI is InChI=1S/C30H26FNO5/c1-4-36-30(34)25-17(2)32-28-20-10-6-7-11-21(20)29(33)27(28)26(25)18-13-14-23(24(15-18)35-3)37-16-19-9-5-8-12-22(19)31/h5-15,26,32H,4,16H2,1-3H3/t26-/m0/s1. The van der Waals surface area contributed by atoms with Gasteiger partial charge in [-0.15, -0.1) is 0 Å². The Morgan fingerprint density at radius 1 is 1.00 bits per heavy atom. The van der Waals surface area contributed by atoms with E-state index >= 15 is 0 Å². The fourth-order valence-corrected chi connectivity index (χ4v) is 4.90. The molecule has 0 radical (unpaired) electrons. The highest BCUT2D eigenvalue weighted by molar-refractivity contribution is 6.23. The van der Waals surface area contributed by atoms with E-state index in [1.165, 1.54) is 13.2 Å². The lowest BCUT2D eigenvalue weighted by molar-refractivity contribution is -0.138. The molecule has 0 amide bonds. The second kappa shape index (κ2) is 9.93. The van der Waals surface area contributed by atoms with E-state index in [1.54, 1.807) is 56.3 Å². The van der Waals surface area contributed by atoms with E-state index in [0.717, 1.165) is 5.56 Å². The van der Waals surface area contributed by atoms with Crippen LogP contribution in [0.3, 0.4) is 0 Å². The Balaban J connectivity index is 1.57. The Morgan fingerprint density at radius 3 is 2.46 bits per heavy atom. The molecule has 1 N–H and O–H groups in total. The van der Waals surface area contributed by atoms with Crippen LogP contribution in [-0.2, 0) is 16.1 Å². The topological polar surface area (TPSA) is 73.9 Å². The van der Waals surface area contributed by atoms with Crippen molar-refractivity contribution in [3.05, 3.63) is 112 Å². The number of carbonyl (C=O) groups excluding carboxylic acids is 2. The molecule has 1 aliphatic carbocycles. The number of dihydropyridines is 1. The van der Waals surface area contributed by atoms with Crippen LogP contribution in [0.5, 0.6) is 11.5 Å². The predicted molar refractivity (Wildman–Crippen MR) is 137 cm³/mol. The van der Waals surface area contributed by atoms with Crippen LogP contribution in [0.25, 0.3) is 5.70 Å². The Bertz CT molecular complexity index is 1470. The molecule has 0 bridgehead atoms. The molecule has 3 aromatic carbocycles. The summed E-state index contributed by atoms with van der Waals surface area (Å²) in [6.07, 6.45) is 0. The molecule has 188 valence electrons. The molecule has 5 rings (SSSR count). The largest absolute Gasteiger partial charge is 0.493 e. The monoisotopic (exact) mass is 499 g/mol. The molecule has 0 aromatic heterocycles. The van der Waals surface area contributed by atoms with Crippen LogP contribution < -0.4 is 14.8 Å². The van der Waals surface area contributed by atoms with E-state index in [-0.39, 0.29) is 24.8 Å². The Kier molecular flexibility index (Phi) is 6.53. The summed E-state index contributed by atoms with van der Waals surface area (Å²) in [5, 5.41) is 3.28. The molecule has 0 fully saturated rings. The van der Waals surface area contributed by atoms with Gasteiger partial charge < -0.3 is 19.5 Å². The van der Waals surface area contributed by atoms with Gasteiger partial charge in [0.15, 0.2) is 17.3 Å². The van der Waals surface area contributed by atoms with E-state index in [2.05, 4.69) is 5.32 Å². The summed E-state index contributed by atoms with van der Waals surface area (Å²) < 4.78 is 30.9. The van der Waals surface area contributed by atoms with Crippen LogP contribution in [0.4, 0.5) is 4.39 Å². The molecule has 1 aliphatic heterocycles. The maximum Gasteiger partial charge on any atom is 0.336 e. The number of methoxy groups -OCH3 is 1. The fourth-order valence-electron chi connectivity index (χ4n) is 4.90. The van der Waals surface area contributed by atoms with Gasteiger partial charge in [-0.25, -0.2) is 9.18 Å². The zero-order valence-corrected chi connectivity index (χ0v) is 20.8. The number of ether oxygens (including phenoxy) is 3. The van der Waals surface area contributed by atoms with Gasteiger partial charge in [-0.3, -0.25) is 4.79 Å². The molecule has 1 atom stereocenters. The van der Waals surface area contributed by atoms with Crippen molar-refractivity contribution in [2.24, 2.45) is 0 Å². The van der Waals surface area contributed by atoms with Crippen LogP contribution in [0.1, 0.15) is 46.8 Å². The molecule has 2 aliphatic rings. The summed E-state index contributed by atoms with van der Waals surface area (Å²) in [6, 6.07) is 19.0. The number of nitrogens with one attached hydrogen (secondary N) is 1. The number of esters is 1. The predicted octanol–water partition coefficient (Wildman–Crippen LogP) is 5.54. The highest BCUT2D eigenvalue weighted by Crippen LogP contribution is 2.48. The lowest BCUT2D eigenvalue weighted by Crippen LogP contribution is -2.29. The van der Waals surface area contributed by atoms with Crippen molar-refractivity contribution in [2.45, 2.75) is 26.4 Å². The van der Waals surface area contributed by atoms with Gasteiger partial charge in [0.1, 0.15) is 12.4 Å². The first-order valence-electron chi connectivity index (χ1n) is 12.0. The van der Waals surface area contributed by atoms with Gasteiger partial charge in [0.05, 0.1) is 25.0 Å². The van der Waals surface area contributed by atoms with E-state index in [9.17, 15) is 14.0 Å². The highest BCUT2D eigenvalue weighted by Gasteiger charge is 2.43. The van der Waals surface area contributed by atoms with Crippen molar-refractivity contribution in [1.29, 1.82) is 0 Å². The van der Waals surface area contributed by atoms with Gasteiger partial charge in [-0.05, 0) is 37.6 Å². The third kappa shape index (κ3) is 4.27. The highest BCUT2D eigenvalue weighted by atomic mass is 19.1. The van der Waals surface area contributed by atoms with Gasteiger partial charge in [0, 0.05) is 33.9 Å². The lowest BCUT2D eigenvalue weighted by Gasteiger charge is -2.29. The number of benzene rings is 3. The second-order valence-corrected chi connectivity index (χ2v) is 8.77. The van der Waals surface area contributed by atoms with Crippen LogP contribution in [0, 0.1) is 5.82 Å². The minimum absolute atomic E-state index is 0.0198. The molecule has 0 unspecified atom stereocenters. The molecular formula is C30H26FNO5. The zero-order valence-electron chi connectivity index (χ0n) is 20.8. The first-order chi connectivity index (χ1) is 17.9. The minimum atomic E-state index is -0.676. The Hall–Kier alpha value is -4.39. The minimum Gasteiger partial charge on any atom is -0.493 e. The summed E-state index contributed by atoms with van der Waals surface area (Å²) in [7, 11) is 1.51. The van der Waals surface area contributed by atoms with Gasteiger partial charge in [0.2, 0.25) is 0 Å². The third-order valence-corrected chi connectivity index (χ3v) is 6.61. The van der Waals surface area contributed by atoms with E-state index in [0.29, 0.717) is 50.7 Å². The average Bonchev–Trinajstić information content (AvgIpc) is 3.19. The maximum absolute atomic E-state index is 14.1. The van der Waals surface area contributed by atoms with E-state index in [4.69, 9.17) is 14.2 Å². The SMILES string of the molecule is CCOC(=O)C1=C(C)NC2=C(C(=O)c3ccccc32)[C@H]1c1ccc(OCc2ccccc2F)c(OC)c1. The maximum atomic E-state index is 14.1. The molecule has 3 aromatic rings. The molecule has 0 saturated carbocycles. The van der Waals surface area contributed by atoms with Gasteiger partial charge >= 0.3 is 5.97 Å². The number of halogens is 1. The van der Waals surface area contributed by atoms with Crippen molar-refractivity contribution in [3.63, 3.8) is 0 Å². The van der Waals surface area contributed by atoms with Crippen molar-refractivity contribution in [2.75, 3.05) is 13.7 Å². The molecule has 1 heterocycles. The number of ketones is 1. The molecule has 37 heavy (non-hydrogen) atoms. The second-order valence-electron chi connectivity index (χ2n) is 8.77. The van der Waals surface area contributed by atoms with Crippen molar-refractivity contribution in [3.8, 4) is 11.5 Å². The number of fused-ring (bicyclic) bond motifs is 2. The summed E-state index contributed by atoms with van der Waals surface area (Å²) in [4.78, 5) is 26.7. The van der Waals surface area contributed by atoms with Crippen molar-refractivity contribution in [1.82, 2.24) is 5.32 Å². The van der Waals surface area contributed by atoms with Crippen LogP contribution in [0.15, 0.2) is 83.6 Å². The van der Waals surface area contributed by atoms with Gasteiger partial charge in [-0.1, -0.05) is 48.5 Å². The smallest absolute Gasteiger partial charge is 0.336 e. The van der Waals surface area contributed by atoms with E-state index in [1.807, 2.05) is 18.2 Å². The lowest BCUT2D eigenvalue weighted by atomic mass is 9.79. The molecule has 7 heteroatoms. The Morgan fingerprint density at radius 2 is 1.73 bits per heavy atom. The van der Waals surface area contributed by atoms with Gasteiger partial charge in [0.25, 0.3) is 0 Å². The zero-order chi connectivity index (χ0) is 26.1. The molecular weight excluding hydrogens is 473 g/mol. The third-order valence-electron chi connectivity index (χ3n) is 6.61. The van der Waals surface area contributed by atoms with Crippen molar-refractivity contribution < 1.29 is 28.2 Å². The number of allylic oxidation sites excluding steroid dienone is 2. The summed E-state index contributed by atoms with van der Waals surface area (Å²) in [5.74, 6) is -0.853. The number of Topliss-reactive ketones (excluding diaryl/α,β-unsaturated/α-hetero) is 1. The van der Waals surface area contributed by atoms with Crippen LogP contribution in [0.2, 0.25) is 0 Å². The number of rotatable bonds is 7. The van der Waals surface area contributed by atoms with Crippen LogP contribution >= 0.6 is 0 Å². The number of carbonyl (C=O) groups is 2. The average molecular weight is 500 g/mol. The first-order valence-corrected chi connectivity index (χ1v) is 12.0. The van der Waals surface area contributed by atoms with Crippen molar-refractivity contribution >= 4 is 17.4 Å². The van der Waals surface area contributed by atoms with E-state index < -0.39 is 11.9 Å². The normalized spacial score (nSPS) is 16.2. The summed E-state index contributed by atoms with van der Waals surface area (Å²) >= 11 is 0. The number of hydrogen-bond donors (Lipinski definition) is 1. The first kappa shape index (κ1) is 24.3. The fraction of sp³-hybridized carbons (Fsp3) is 0.200. The summed E-state index contributed by atoms with van der Waals surface area (Å²) in [6.45, 7) is 3.77. The quantitative estimate of drug-likeness (QED) is 0.430. The summed E-state index contributed by atoms with van der Waals surface area (Å²) in [5.41, 5.74) is 4.62. The molecule has 0 spiro atoms.